The highest BCUT2D eigenvalue weighted by atomic mass is 16.5. The summed E-state index contributed by atoms with van der Waals surface area (Å²) in [4.78, 5) is 14.7. The highest BCUT2D eigenvalue weighted by molar-refractivity contribution is 5.82. The second kappa shape index (κ2) is 4.90. The molecule has 0 saturated heterocycles. The SMILES string of the molecule is O=Cc1ccc(Oc2ccc3ccncc3c2)cc1. The van der Waals surface area contributed by atoms with E-state index in [1.807, 2.05) is 24.3 Å². The molecule has 3 rings (SSSR count). The first-order chi connectivity index (χ1) is 9.35. The van der Waals surface area contributed by atoms with Crippen LogP contribution in [0.4, 0.5) is 0 Å². The van der Waals surface area contributed by atoms with Crippen LogP contribution in [0.5, 0.6) is 11.5 Å². The lowest BCUT2D eigenvalue weighted by Crippen LogP contribution is -1.86. The Balaban J connectivity index is 1.89. The molecule has 1 aromatic heterocycles. The molecule has 3 nitrogen and oxygen atoms in total. The third kappa shape index (κ3) is 2.45. The molecule has 0 atom stereocenters. The van der Waals surface area contributed by atoms with Crippen LogP contribution in [-0.4, -0.2) is 11.3 Å². The van der Waals surface area contributed by atoms with Gasteiger partial charge in [-0.05, 0) is 47.9 Å². The van der Waals surface area contributed by atoms with Crippen LogP contribution in [-0.2, 0) is 0 Å². The van der Waals surface area contributed by atoms with E-state index in [0.29, 0.717) is 11.3 Å². The molecule has 0 N–H and O–H groups in total. The number of nitrogens with zero attached hydrogens (tertiary/aromatic N) is 1. The molecule has 0 fully saturated rings. The van der Waals surface area contributed by atoms with Gasteiger partial charge in [-0.1, -0.05) is 6.07 Å². The summed E-state index contributed by atoms with van der Waals surface area (Å²) in [6.45, 7) is 0. The van der Waals surface area contributed by atoms with E-state index in [1.54, 1.807) is 36.7 Å². The van der Waals surface area contributed by atoms with Crippen LogP contribution in [0.3, 0.4) is 0 Å². The second-order valence-electron chi connectivity index (χ2n) is 4.17. The van der Waals surface area contributed by atoms with E-state index in [4.69, 9.17) is 4.74 Å². The number of hydrogen-bond acceptors (Lipinski definition) is 3. The Hall–Kier alpha value is -2.68. The molecule has 0 saturated carbocycles. The standard InChI is InChI=1S/C16H11NO2/c18-11-12-1-4-15(5-2-12)19-16-6-3-13-7-8-17-10-14(13)9-16/h1-11H. The number of ether oxygens (including phenoxy) is 1. The fourth-order valence-electron chi connectivity index (χ4n) is 1.88. The average molecular weight is 249 g/mol. The predicted molar refractivity (Wildman–Crippen MR) is 73.6 cm³/mol. The first-order valence-electron chi connectivity index (χ1n) is 5.92. The summed E-state index contributed by atoms with van der Waals surface area (Å²) in [5, 5.41) is 2.16. The average Bonchev–Trinajstić information content (AvgIpc) is 2.48. The quantitative estimate of drug-likeness (QED) is 0.662. The first-order valence-corrected chi connectivity index (χ1v) is 5.92. The van der Waals surface area contributed by atoms with Crippen LogP contribution in [0.2, 0.25) is 0 Å². The van der Waals surface area contributed by atoms with Crippen molar-refractivity contribution in [2.75, 3.05) is 0 Å². The molecule has 0 aliphatic carbocycles. The predicted octanol–water partition coefficient (Wildman–Crippen LogP) is 3.84. The number of aldehydes is 1. The van der Waals surface area contributed by atoms with E-state index in [-0.39, 0.29) is 0 Å². The van der Waals surface area contributed by atoms with Crippen molar-refractivity contribution in [1.29, 1.82) is 0 Å². The van der Waals surface area contributed by atoms with Crippen molar-refractivity contribution in [2.45, 2.75) is 0 Å². The summed E-state index contributed by atoms with van der Waals surface area (Å²) >= 11 is 0. The van der Waals surface area contributed by atoms with Crippen molar-refractivity contribution in [3.8, 4) is 11.5 Å². The van der Waals surface area contributed by atoms with E-state index in [1.165, 1.54) is 0 Å². The Morgan fingerprint density at radius 2 is 1.68 bits per heavy atom. The van der Waals surface area contributed by atoms with E-state index < -0.39 is 0 Å². The Labute approximate surface area is 110 Å². The van der Waals surface area contributed by atoms with Crippen LogP contribution in [0.1, 0.15) is 10.4 Å². The Kier molecular flexibility index (Phi) is 2.94. The topological polar surface area (TPSA) is 39.2 Å². The zero-order chi connectivity index (χ0) is 13.1. The number of carbonyl (C=O) groups is 1. The number of aromatic nitrogens is 1. The minimum Gasteiger partial charge on any atom is -0.457 e. The largest absolute Gasteiger partial charge is 0.457 e. The number of fused-ring (bicyclic) bond motifs is 1. The lowest BCUT2D eigenvalue weighted by molar-refractivity contribution is 0.112. The van der Waals surface area contributed by atoms with Crippen LogP contribution in [0.25, 0.3) is 10.8 Å². The molecule has 0 aliphatic heterocycles. The molecule has 0 amide bonds. The normalized spacial score (nSPS) is 10.3. The monoisotopic (exact) mass is 249 g/mol. The molecular formula is C16H11NO2. The van der Waals surface area contributed by atoms with Crippen LogP contribution < -0.4 is 4.74 Å². The summed E-state index contributed by atoms with van der Waals surface area (Å²) in [5.74, 6) is 1.45. The molecule has 0 radical (unpaired) electrons. The summed E-state index contributed by atoms with van der Waals surface area (Å²) in [5.41, 5.74) is 0.634. The van der Waals surface area contributed by atoms with Gasteiger partial charge in [0.1, 0.15) is 17.8 Å². The summed E-state index contributed by atoms with van der Waals surface area (Å²) in [7, 11) is 0. The fourth-order valence-corrected chi connectivity index (χ4v) is 1.88. The van der Waals surface area contributed by atoms with Crippen molar-refractivity contribution < 1.29 is 9.53 Å². The third-order valence-corrected chi connectivity index (χ3v) is 2.86. The Morgan fingerprint density at radius 3 is 2.47 bits per heavy atom. The lowest BCUT2D eigenvalue weighted by atomic mass is 10.2. The summed E-state index contributed by atoms with van der Waals surface area (Å²) < 4.78 is 5.74. The minimum absolute atomic E-state index is 0.634. The van der Waals surface area contributed by atoms with Gasteiger partial charge in [0.15, 0.2) is 0 Å². The second-order valence-corrected chi connectivity index (χ2v) is 4.17. The third-order valence-electron chi connectivity index (χ3n) is 2.86. The molecule has 2 aromatic carbocycles. The van der Waals surface area contributed by atoms with Crippen LogP contribution >= 0.6 is 0 Å². The molecule has 0 unspecified atom stereocenters. The molecule has 0 spiro atoms. The maximum absolute atomic E-state index is 10.6. The van der Waals surface area contributed by atoms with Crippen LogP contribution in [0.15, 0.2) is 60.9 Å². The van der Waals surface area contributed by atoms with Gasteiger partial charge in [-0.15, -0.1) is 0 Å². The van der Waals surface area contributed by atoms with Gasteiger partial charge in [0.2, 0.25) is 0 Å². The lowest BCUT2D eigenvalue weighted by Gasteiger charge is -2.06. The van der Waals surface area contributed by atoms with Crippen molar-refractivity contribution >= 4 is 17.1 Å². The highest BCUT2D eigenvalue weighted by Crippen LogP contribution is 2.25. The van der Waals surface area contributed by atoms with E-state index in [2.05, 4.69) is 4.98 Å². The van der Waals surface area contributed by atoms with Gasteiger partial charge in [0.25, 0.3) is 0 Å². The number of carbonyl (C=O) groups excluding carboxylic acids is 1. The van der Waals surface area contributed by atoms with Gasteiger partial charge in [0.05, 0.1) is 0 Å². The molecule has 3 heteroatoms. The Morgan fingerprint density at radius 1 is 0.895 bits per heavy atom. The number of benzene rings is 2. The van der Waals surface area contributed by atoms with Gasteiger partial charge in [-0.25, -0.2) is 0 Å². The molecule has 0 aliphatic rings. The summed E-state index contributed by atoms with van der Waals surface area (Å²) in [6.07, 6.45) is 4.38. The molecule has 19 heavy (non-hydrogen) atoms. The highest BCUT2D eigenvalue weighted by Gasteiger charge is 2.00. The van der Waals surface area contributed by atoms with Gasteiger partial charge in [-0.2, -0.15) is 0 Å². The molecule has 92 valence electrons. The van der Waals surface area contributed by atoms with Gasteiger partial charge in [0, 0.05) is 23.3 Å². The number of rotatable bonds is 3. The maximum Gasteiger partial charge on any atom is 0.150 e. The Bertz CT molecular complexity index is 720. The smallest absolute Gasteiger partial charge is 0.150 e. The van der Waals surface area contributed by atoms with Crippen molar-refractivity contribution in [2.24, 2.45) is 0 Å². The van der Waals surface area contributed by atoms with Gasteiger partial charge in [-0.3, -0.25) is 9.78 Å². The maximum atomic E-state index is 10.6. The van der Waals surface area contributed by atoms with Crippen molar-refractivity contribution in [3.05, 3.63) is 66.5 Å². The van der Waals surface area contributed by atoms with E-state index >= 15 is 0 Å². The van der Waals surface area contributed by atoms with Crippen LogP contribution in [0, 0.1) is 0 Å². The van der Waals surface area contributed by atoms with Gasteiger partial charge >= 0.3 is 0 Å². The fraction of sp³-hybridized carbons (Fsp3) is 0. The van der Waals surface area contributed by atoms with E-state index in [0.717, 1.165) is 22.8 Å². The molecule has 1 heterocycles. The molecular weight excluding hydrogens is 238 g/mol. The van der Waals surface area contributed by atoms with Crippen molar-refractivity contribution in [1.82, 2.24) is 4.98 Å². The number of pyridine rings is 1. The minimum atomic E-state index is 0.634. The first kappa shape index (κ1) is 11.4. The zero-order valence-corrected chi connectivity index (χ0v) is 10.1. The number of hydrogen-bond donors (Lipinski definition) is 0. The summed E-state index contributed by atoms with van der Waals surface area (Å²) in [6, 6.07) is 14.8. The zero-order valence-electron chi connectivity index (χ0n) is 10.1. The van der Waals surface area contributed by atoms with Crippen molar-refractivity contribution in [3.63, 3.8) is 0 Å². The molecule has 0 bridgehead atoms. The van der Waals surface area contributed by atoms with E-state index in [9.17, 15) is 4.79 Å². The van der Waals surface area contributed by atoms with Gasteiger partial charge < -0.3 is 4.74 Å². The molecule has 3 aromatic rings.